The number of halogens is 1. The maximum atomic E-state index is 6.36. The van der Waals surface area contributed by atoms with Gasteiger partial charge in [0.1, 0.15) is 0 Å². The lowest BCUT2D eigenvalue weighted by molar-refractivity contribution is 0.426. The molecule has 84 valence electrons. The number of hydrogen-bond acceptors (Lipinski definition) is 0. The largest absolute Gasteiger partial charge is 0.123 e. The van der Waals surface area contributed by atoms with Gasteiger partial charge in [0.15, 0.2) is 0 Å². The molecule has 0 N–H and O–H groups in total. The van der Waals surface area contributed by atoms with Gasteiger partial charge in [0.25, 0.3) is 0 Å². The molecule has 0 radical (unpaired) electrons. The van der Waals surface area contributed by atoms with Crippen molar-refractivity contribution in [3.8, 4) is 0 Å². The van der Waals surface area contributed by atoms with Gasteiger partial charge in [-0.2, -0.15) is 0 Å². The van der Waals surface area contributed by atoms with Gasteiger partial charge in [0.2, 0.25) is 0 Å². The summed E-state index contributed by atoms with van der Waals surface area (Å²) in [6.07, 6.45) is 13.9. The van der Waals surface area contributed by atoms with E-state index in [1.54, 1.807) is 0 Å². The highest BCUT2D eigenvalue weighted by Gasteiger charge is 2.13. The van der Waals surface area contributed by atoms with Crippen molar-refractivity contribution in [3.63, 3.8) is 0 Å². The minimum atomic E-state index is 0.439. The van der Waals surface area contributed by atoms with Crippen LogP contribution in [0.5, 0.6) is 0 Å². The number of alkyl halides is 1. The molecule has 0 unspecified atom stereocenters. The van der Waals surface area contributed by atoms with Crippen molar-refractivity contribution in [2.24, 2.45) is 5.92 Å². The Morgan fingerprint density at radius 2 is 1.14 bits per heavy atom. The summed E-state index contributed by atoms with van der Waals surface area (Å²) in [5, 5.41) is 0.439. The first-order chi connectivity index (χ1) is 6.80. The van der Waals surface area contributed by atoms with Gasteiger partial charge in [-0.25, -0.2) is 0 Å². The molecular weight excluding hydrogens is 192 g/mol. The van der Waals surface area contributed by atoms with Crippen LogP contribution in [0.4, 0.5) is 0 Å². The van der Waals surface area contributed by atoms with Crippen LogP contribution in [-0.4, -0.2) is 5.38 Å². The summed E-state index contributed by atoms with van der Waals surface area (Å²) < 4.78 is 0. The van der Waals surface area contributed by atoms with Crippen molar-refractivity contribution in [2.75, 3.05) is 0 Å². The third kappa shape index (κ3) is 5.24. The van der Waals surface area contributed by atoms with Gasteiger partial charge in [0.05, 0.1) is 0 Å². The molecule has 1 rings (SSSR count). The summed E-state index contributed by atoms with van der Waals surface area (Å²) in [6, 6.07) is 0. The fraction of sp³-hybridized carbons (Fsp3) is 1.00. The normalized spacial score (nSPS) is 33.0. The molecule has 1 aliphatic carbocycles. The van der Waals surface area contributed by atoms with E-state index in [0.717, 1.165) is 5.92 Å². The van der Waals surface area contributed by atoms with Crippen LogP contribution in [0.25, 0.3) is 0 Å². The third-order valence-electron chi connectivity index (χ3n) is 3.51. The minimum Gasteiger partial charge on any atom is -0.123 e. The summed E-state index contributed by atoms with van der Waals surface area (Å²) in [7, 11) is 0. The van der Waals surface area contributed by atoms with Gasteiger partial charge >= 0.3 is 0 Å². The molecule has 1 aliphatic rings. The second-order valence-corrected chi connectivity index (χ2v) is 5.46. The zero-order valence-electron chi connectivity index (χ0n) is 9.60. The highest BCUT2D eigenvalue weighted by atomic mass is 35.5. The van der Waals surface area contributed by atoms with Crippen LogP contribution >= 0.6 is 11.6 Å². The Hall–Kier alpha value is 0.290. The summed E-state index contributed by atoms with van der Waals surface area (Å²) in [5.41, 5.74) is 0. The van der Waals surface area contributed by atoms with E-state index in [1.807, 2.05) is 0 Å². The molecule has 0 aromatic heterocycles. The fourth-order valence-electron chi connectivity index (χ4n) is 2.33. The Morgan fingerprint density at radius 3 is 1.71 bits per heavy atom. The minimum absolute atomic E-state index is 0.439. The summed E-state index contributed by atoms with van der Waals surface area (Å²) in [4.78, 5) is 0. The average Bonchev–Trinajstić information content (AvgIpc) is 2.18. The lowest BCUT2D eigenvalue weighted by atomic mass is 9.94. The molecule has 0 saturated heterocycles. The molecule has 0 spiro atoms. The van der Waals surface area contributed by atoms with Gasteiger partial charge in [-0.15, -0.1) is 11.6 Å². The highest BCUT2D eigenvalue weighted by molar-refractivity contribution is 6.20. The summed E-state index contributed by atoms with van der Waals surface area (Å²) in [5.74, 6) is 0.732. The van der Waals surface area contributed by atoms with Crippen molar-refractivity contribution in [3.05, 3.63) is 0 Å². The SMILES string of the molecule is C[C@H]1CCCCCCCCCC[C@@H]1Cl. The Bertz CT molecular complexity index is 117. The van der Waals surface area contributed by atoms with Crippen molar-refractivity contribution in [1.29, 1.82) is 0 Å². The van der Waals surface area contributed by atoms with E-state index >= 15 is 0 Å². The van der Waals surface area contributed by atoms with Gasteiger partial charge in [-0.05, 0) is 18.8 Å². The monoisotopic (exact) mass is 216 g/mol. The average molecular weight is 217 g/mol. The quantitative estimate of drug-likeness (QED) is 0.492. The first-order valence-electron chi connectivity index (χ1n) is 6.45. The number of rotatable bonds is 0. The zero-order valence-corrected chi connectivity index (χ0v) is 10.4. The molecule has 1 fully saturated rings. The van der Waals surface area contributed by atoms with E-state index in [2.05, 4.69) is 6.92 Å². The summed E-state index contributed by atoms with van der Waals surface area (Å²) >= 11 is 6.36. The molecule has 2 atom stereocenters. The van der Waals surface area contributed by atoms with Crippen LogP contribution in [0.2, 0.25) is 0 Å². The molecule has 0 heterocycles. The molecule has 0 aromatic carbocycles. The lowest BCUT2D eigenvalue weighted by Gasteiger charge is -2.18. The molecule has 0 bridgehead atoms. The highest BCUT2D eigenvalue weighted by Crippen LogP contribution is 2.24. The van der Waals surface area contributed by atoms with E-state index in [0.29, 0.717) is 5.38 Å². The van der Waals surface area contributed by atoms with Gasteiger partial charge in [-0.3, -0.25) is 0 Å². The van der Waals surface area contributed by atoms with E-state index < -0.39 is 0 Å². The van der Waals surface area contributed by atoms with Crippen LogP contribution < -0.4 is 0 Å². The summed E-state index contributed by atoms with van der Waals surface area (Å²) in [6.45, 7) is 2.32. The van der Waals surface area contributed by atoms with E-state index in [4.69, 9.17) is 11.6 Å². The first kappa shape index (κ1) is 12.4. The Labute approximate surface area is 94.4 Å². The standard InChI is InChI=1S/C13H25Cl/c1-12-10-8-6-4-2-3-5-7-9-11-13(12)14/h12-13H,2-11H2,1H3/t12-,13-/m0/s1. The fourth-order valence-corrected chi connectivity index (χ4v) is 2.61. The Kier molecular flexibility index (Phi) is 6.68. The van der Waals surface area contributed by atoms with Crippen molar-refractivity contribution < 1.29 is 0 Å². The Morgan fingerprint density at radius 1 is 0.714 bits per heavy atom. The molecule has 0 amide bonds. The van der Waals surface area contributed by atoms with Crippen LogP contribution in [0, 0.1) is 5.92 Å². The van der Waals surface area contributed by atoms with E-state index in [9.17, 15) is 0 Å². The van der Waals surface area contributed by atoms with E-state index in [-0.39, 0.29) is 0 Å². The smallest absolute Gasteiger partial charge is 0.0361 e. The van der Waals surface area contributed by atoms with Crippen LogP contribution in [0.3, 0.4) is 0 Å². The number of hydrogen-bond donors (Lipinski definition) is 0. The molecule has 0 aromatic rings. The maximum Gasteiger partial charge on any atom is 0.0361 e. The topological polar surface area (TPSA) is 0 Å². The van der Waals surface area contributed by atoms with Crippen molar-refractivity contribution >= 4 is 11.6 Å². The second-order valence-electron chi connectivity index (χ2n) is 4.90. The third-order valence-corrected chi connectivity index (χ3v) is 4.16. The molecule has 1 saturated carbocycles. The van der Waals surface area contributed by atoms with Crippen molar-refractivity contribution in [2.45, 2.75) is 76.5 Å². The lowest BCUT2D eigenvalue weighted by Crippen LogP contribution is -2.11. The second kappa shape index (κ2) is 7.56. The maximum absolute atomic E-state index is 6.36. The van der Waals surface area contributed by atoms with Crippen LogP contribution in [0.1, 0.15) is 71.1 Å². The molecule has 0 nitrogen and oxygen atoms in total. The first-order valence-corrected chi connectivity index (χ1v) is 6.88. The Balaban J connectivity index is 2.23. The predicted octanol–water partition coefficient (Wildman–Crippen LogP) is 5.14. The molecular formula is C13H25Cl. The zero-order chi connectivity index (χ0) is 10.2. The van der Waals surface area contributed by atoms with Crippen molar-refractivity contribution in [1.82, 2.24) is 0 Å². The molecule has 14 heavy (non-hydrogen) atoms. The van der Waals surface area contributed by atoms with E-state index in [1.165, 1.54) is 64.2 Å². The van der Waals surface area contributed by atoms with Crippen LogP contribution in [-0.2, 0) is 0 Å². The molecule has 0 aliphatic heterocycles. The van der Waals surface area contributed by atoms with Gasteiger partial charge in [-0.1, -0.05) is 58.3 Å². The predicted molar refractivity (Wildman–Crippen MR) is 65.0 cm³/mol. The van der Waals surface area contributed by atoms with Crippen LogP contribution in [0.15, 0.2) is 0 Å². The van der Waals surface area contributed by atoms with Gasteiger partial charge < -0.3 is 0 Å². The molecule has 1 heteroatoms. The van der Waals surface area contributed by atoms with Gasteiger partial charge in [0, 0.05) is 5.38 Å².